The monoisotopic (exact) mass is 276 g/mol. The first-order chi connectivity index (χ1) is 6.37. The van der Waals surface area contributed by atoms with Crippen LogP contribution in [-0.4, -0.2) is 11.4 Å². The minimum absolute atomic E-state index is 0.0492. The molecule has 0 aliphatic heterocycles. The molecule has 0 atom stereocenters. The van der Waals surface area contributed by atoms with Gasteiger partial charge in [0.1, 0.15) is 0 Å². The van der Waals surface area contributed by atoms with Gasteiger partial charge in [-0.15, -0.1) is 11.3 Å². The number of anilines is 1. The lowest BCUT2D eigenvalue weighted by Gasteiger charge is -2.16. The predicted molar refractivity (Wildman–Crippen MR) is 63.5 cm³/mol. The SMILES string of the molecule is CC(C)(N)CC(=O)Nc1ccc(Br)s1. The number of nitrogens with two attached hydrogens (primary N) is 1. The van der Waals surface area contributed by atoms with E-state index in [2.05, 4.69) is 21.2 Å². The van der Waals surface area contributed by atoms with Crippen molar-refractivity contribution in [2.45, 2.75) is 25.8 Å². The quantitative estimate of drug-likeness (QED) is 0.892. The van der Waals surface area contributed by atoms with Crippen LogP contribution in [0.15, 0.2) is 15.9 Å². The molecule has 1 rings (SSSR count). The summed E-state index contributed by atoms with van der Waals surface area (Å²) in [7, 11) is 0. The molecule has 14 heavy (non-hydrogen) atoms. The molecule has 0 aromatic carbocycles. The van der Waals surface area contributed by atoms with Gasteiger partial charge in [0.05, 0.1) is 8.79 Å². The predicted octanol–water partition coefficient (Wildman–Crippen LogP) is 2.58. The normalized spacial score (nSPS) is 11.4. The third-order valence-electron chi connectivity index (χ3n) is 1.45. The Labute approximate surface area is 95.8 Å². The Hall–Kier alpha value is -0.390. The highest BCUT2D eigenvalue weighted by Gasteiger charge is 2.16. The van der Waals surface area contributed by atoms with Crippen molar-refractivity contribution in [3.8, 4) is 0 Å². The number of thiophene rings is 1. The summed E-state index contributed by atoms with van der Waals surface area (Å²) in [5.74, 6) is -0.0492. The number of carbonyl (C=O) groups excluding carboxylic acids is 1. The van der Waals surface area contributed by atoms with Gasteiger partial charge in [-0.25, -0.2) is 0 Å². The molecule has 0 aliphatic rings. The summed E-state index contributed by atoms with van der Waals surface area (Å²) in [6, 6.07) is 3.75. The molecule has 0 unspecified atom stereocenters. The van der Waals surface area contributed by atoms with Gasteiger partial charge in [0, 0.05) is 12.0 Å². The number of carbonyl (C=O) groups is 1. The first kappa shape index (κ1) is 11.7. The number of amides is 1. The van der Waals surface area contributed by atoms with Crippen LogP contribution in [0.1, 0.15) is 20.3 Å². The van der Waals surface area contributed by atoms with Gasteiger partial charge in [-0.1, -0.05) is 0 Å². The molecule has 1 heterocycles. The topological polar surface area (TPSA) is 55.1 Å². The molecule has 0 radical (unpaired) electrons. The zero-order valence-electron chi connectivity index (χ0n) is 8.13. The molecular formula is C9H13BrN2OS. The van der Waals surface area contributed by atoms with Crippen molar-refractivity contribution in [1.82, 2.24) is 0 Å². The van der Waals surface area contributed by atoms with Gasteiger partial charge >= 0.3 is 0 Å². The number of halogens is 1. The van der Waals surface area contributed by atoms with Crippen molar-refractivity contribution >= 4 is 38.2 Å². The Morgan fingerprint density at radius 3 is 2.71 bits per heavy atom. The first-order valence-electron chi connectivity index (χ1n) is 4.21. The lowest BCUT2D eigenvalue weighted by Crippen LogP contribution is -2.36. The van der Waals surface area contributed by atoms with Gasteiger partial charge in [0.2, 0.25) is 5.91 Å². The molecule has 3 N–H and O–H groups in total. The highest BCUT2D eigenvalue weighted by molar-refractivity contribution is 9.11. The highest BCUT2D eigenvalue weighted by Crippen LogP contribution is 2.26. The van der Waals surface area contributed by atoms with Gasteiger partial charge < -0.3 is 11.1 Å². The average Bonchev–Trinajstić information content (AvgIpc) is 2.30. The molecule has 0 bridgehead atoms. The Balaban J connectivity index is 2.50. The second kappa shape index (κ2) is 4.42. The Morgan fingerprint density at radius 2 is 2.29 bits per heavy atom. The lowest BCUT2D eigenvalue weighted by atomic mass is 10.0. The van der Waals surface area contributed by atoms with Crippen LogP contribution in [0.25, 0.3) is 0 Å². The van der Waals surface area contributed by atoms with Gasteiger partial charge in [0.25, 0.3) is 0 Å². The third kappa shape index (κ3) is 4.21. The van der Waals surface area contributed by atoms with Crippen LogP contribution in [0.4, 0.5) is 5.00 Å². The van der Waals surface area contributed by atoms with Gasteiger partial charge in [0.15, 0.2) is 0 Å². The van der Waals surface area contributed by atoms with E-state index >= 15 is 0 Å². The van der Waals surface area contributed by atoms with Gasteiger partial charge in [-0.05, 0) is 41.9 Å². The fourth-order valence-corrected chi connectivity index (χ4v) is 2.28. The maximum Gasteiger partial charge on any atom is 0.226 e. The van der Waals surface area contributed by atoms with Crippen molar-refractivity contribution in [3.63, 3.8) is 0 Å². The van der Waals surface area contributed by atoms with E-state index in [-0.39, 0.29) is 5.91 Å². The number of rotatable bonds is 3. The molecule has 0 aliphatic carbocycles. The zero-order chi connectivity index (χ0) is 10.8. The van der Waals surface area contributed by atoms with E-state index in [4.69, 9.17) is 5.73 Å². The number of hydrogen-bond acceptors (Lipinski definition) is 3. The Kier molecular flexibility index (Phi) is 3.69. The maximum atomic E-state index is 11.4. The maximum absolute atomic E-state index is 11.4. The smallest absolute Gasteiger partial charge is 0.226 e. The van der Waals surface area contributed by atoms with Crippen LogP contribution in [-0.2, 0) is 4.79 Å². The lowest BCUT2D eigenvalue weighted by molar-refractivity contribution is -0.117. The molecule has 3 nitrogen and oxygen atoms in total. The summed E-state index contributed by atoms with van der Waals surface area (Å²) in [4.78, 5) is 11.4. The fourth-order valence-electron chi connectivity index (χ4n) is 0.977. The van der Waals surface area contributed by atoms with Crippen molar-refractivity contribution in [2.75, 3.05) is 5.32 Å². The number of hydrogen-bond donors (Lipinski definition) is 2. The summed E-state index contributed by atoms with van der Waals surface area (Å²) in [5, 5.41) is 3.63. The summed E-state index contributed by atoms with van der Waals surface area (Å²) in [5.41, 5.74) is 5.27. The van der Waals surface area contributed by atoms with Crippen LogP contribution < -0.4 is 11.1 Å². The molecule has 1 aromatic rings. The fraction of sp³-hybridized carbons (Fsp3) is 0.444. The van der Waals surface area contributed by atoms with E-state index in [0.717, 1.165) is 8.79 Å². The van der Waals surface area contributed by atoms with Crippen molar-refractivity contribution in [3.05, 3.63) is 15.9 Å². The minimum Gasteiger partial charge on any atom is -0.325 e. The van der Waals surface area contributed by atoms with E-state index in [1.807, 2.05) is 26.0 Å². The van der Waals surface area contributed by atoms with Crippen LogP contribution in [0.3, 0.4) is 0 Å². The first-order valence-corrected chi connectivity index (χ1v) is 5.82. The van der Waals surface area contributed by atoms with E-state index in [0.29, 0.717) is 6.42 Å². The second-order valence-electron chi connectivity index (χ2n) is 3.82. The summed E-state index contributed by atoms with van der Waals surface area (Å²) >= 11 is 4.81. The summed E-state index contributed by atoms with van der Waals surface area (Å²) < 4.78 is 1.000. The van der Waals surface area contributed by atoms with Crippen molar-refractivity contribution < 1.29 is 4.79 Å². The standard InChI is InChI=1S/C9H13BrN2OS/c1-9(2,11)5-7(13)12-8-4-3-6(10)14-8/h3-4H,5,11H2,1-2H3,(H,12,13). The summed E-state index contributed by atoms with van der Waals surface area (Å²) in [6.07, 6.45) is 0.322. The molecule has 1 amide bonds. The summed E-state index contributed by atoms with van der Waals surface area (Å²) in [6.45, 7) is 3.66. The van der Waals surface area contributed by atoms with E-state index in [1.54, 1.807) is 0 Å². The molecule has 0 saturated carbocycles. The molecular weight excluding hydrogens is 264 g/mol. The highest BCUT2D eigenvalue weighted by atomic mass is 79.9. The largest absolute Gasteiger partial charge is 0.325 e. The molecule has 1 aromatic heterocycles. The van der Waals surface area contributed by atoms with Crippen LogP contribution in [0.5, 0.6) is 0 Å². The van der Waals surface area contributed by atoms with E-state index in [1.165, 1.54) is 11.3 Å². The molecule has 5 heteroatoms. The second-order valence-corrected chi connectivity index (χ2v) is 6.28. The van der Waals surface area contributed by atoms with Crippen molar-refractivity contribution in [1.29, 1.82) is 0 Å². The van der Waals surface area contributed by atoms with Crippen LogP contribution in [0, 0.1) is 0 Å². The molecule has 0 spiro atoms. The Morgan fingerprint density at radius 1 is 1.64 bits per heavy atom. The van der Waals surface area contributed by atoms with Crippen LogP contribution in [0.2, 0.25) is 0 Å². The van der Waals surface area contributed by atoms with E-state index in [9.17, 15) is 4.79 Å². The minimum atomic E-state index is -0.460. The molecule has 78 valence electrons. The average molecular weight is 277 g/mol. The zero-order valence-corrected chi connectivity index (χ0v) is 10.5. The third-order valence-corrected chi connectivity index (χ3v) is 2.99. The Bertz CT molecular complexity index is 330. The molecule has 0 saturated heterocycles. The molecule has 0 fully saturated rings. The van der Waals surface area contributed by atoms with Gasteiger partial charge in [-0.2, -0.15) is 0 Å². The van der Waals surface area contributed by atoms with Crippen molar-refractivity contribution in [2.24, 2.45) is 5.73 Å². The van der Waals surface area contributed by atoms with Gasteiger partial charge in [-0.3, -0.25) is 4.79 Å². The van der Waals surface area contributed by atoms with Crippen LogP contribution >= 0.6 is 27.3 Å². The number of nitrogens with one attached hydrogen (secondary N) is 1. The van der Waals surface area contributed by atoms with E-state index < -0.39 is 5.54 Å².